The van der Waals surface area contributed by atoms with E-state index in [4.69, 9.17) is 0 Å². The van der Waals surface area contributed by atoms with Gasteiger partial charge in [-0.25, -0.2) is 14.6 Å². The van der Waals surface area contributed by atoms with Crippen molar-refractivity contribution in [2.24, 2.45) is 5.92 Å². The smallest absolute Gasteiger partial charge is 0.231 e. The molecule has 4 rings (SSSR count). The lowest BCUT2D eigenvalue weighted by Gasteiger charge is -2.39. The number of hydrogen-bond donors (Lipinski definition) is 1. The SMILES string of the molecule is Cc1ccc(NC(=O)C2CN(c3cc(-n4nc(C)cc4C)ncn3)C2)cc1. The van der Waals surface area contributed by atoms with E-state index in [1.807, 2.05) is 61.9 Å². The fourth-order valence-corrected chi connectivity index (χ4v) is 3.20. The number of amides is 1. The Kier molecular flexibility index (Phi) is 4.35. The standard InChI is InChI=1S/C20H22N6O/c1-13-4-6-17(7-5-13)23-20(27)16-10-25(11-16)18-9-19(22-12-21-18)26-15(3)8-14(2)24-26/h4-9,12,16H,10-11H2,1-3H3,(H,23,27). The van der Waals surface area contributed by atoms with Crippen LogP contribution in [0.1, 0.15) is 17.0 Å². The molecule has 1 N–H and O–H groups in total. The first-order valence-electron chi connectivity index (χ1n) is 8.98. The maximum atomic E-state index is 12.4. The summed E-state index contributed by atoms with van der Waals surface area (Å²) in [6.45, 7) is 7.27. The highest BCUT2D eigenvalue weighted by molar-refractivity contribution is 5.94. The lowest BCUT2D eigenvalue weighted by molar-refractivity contribution is -0.120. The number of nitrogens with one attached hydrogen (secondary N) is 1. The molecule has 3 aromatic rings. The van der Waals surface area contributed by atoms with Crippen LogP contribution in [0.25, 0.3) is 5.82 Å². The van der Waals surface area contributed by atoms with Crippen molar-refractivity contribution in [3.05, 3.63) is 59.7 Å². The molecule has 138 valence electrons. The third kappa shape index (κ3) is 3.53. The Bertz CT molecular complexity index is 972. The molecule has 2 aromatic heterocycles. The van der Waals surface area contributed by atoms with Gasteiger partial charge in [-0.1, -0.05) is 17.7 Å². The van der Waals surface area contributed by atoms with Crippen LogP contribution in [0.5, 0.6) is 0 Å². The van der Waals surface area contributed by atoms with Crippen LogP contribution in [0.4, 0.5) is 11.5 Å². The largest absolute Gasteiger partial charge is 0.355 e. The van der Waals surface area contributed by atoms with E-state index in [9.17, 15) is 4.79 Å². The lowest BCUT2D eigenvalue weighted by Crippen LogP contribution is -2.52. The number of carbonyl (C=O) groups is 1. The molecule has 1 amide bonds. The molecule has 0 bridgehead atoms. The zero-order chi connectivity index (χ0) is 19.0. The average molecular weight is 362 g/mol. The van der Waals surface area contributed by atoms with E-state index in [0.717, 1.165) is 28.7 Å². The number of hydrogen-bond acceptors (Lipinski definition) is 5. The van der Waals surface area contributed by atoms with Gasteiger partial charge in [0, 0.05) is 30.5 Å². The molecule has 27 heavy (non-hydrogen) atoms. The van der Waals surface area contributed by atoms with Gasteiger partial charge >= 0.3 is 0 Å². The van der Waals surface area contributed by atoms with Gasteiger partial charge in [-0.15, -0.1) is 0 Å². The van der Waals surface area contributed by atoms with E-state index in [1.54, 1.807) is 6.33 Å². The van der Waals surface area contributed by atoms with Gasteiger partial charge in [-0.3, -0.25) is 4.79 Å². The summed E-state index contributed by atoms with van der Waals surface area (Å²) in [5.41, 5.74) is 3.98. The number of rotatable bonds is 4. The Morgan fingerprint density at radius 2 is 1.74 bits per heavy atom. The number of carbonyl (C=O) groups excluding carboxylic acids is 1. The second-order valence-electron chi connectivity index (χ2n) is 7.03. The second-order valence-corrected chi connectivity index (χ2v) is 7.03. The molecule has 1 aliphatic heterocycles. The van der Waals surface area contributed by atoms with Crippen LogP contribution < -0.4 is 10.2 Å². The van der Waals surface area contributed by atoms with E-state index in [1.165, 1.54) is 5.56 Å². The van der Waals surface area contributed by atoms with Crippen molar-refractivity contribution in [3.8, 4) is 5.82 Å². The van der Waals surface area contributed by atoms with Crippen molar-refractivity contribution in [3.63, 3.8) is 0 Å². The number of anilines is 2. The minimum Gasteiger partial charge on any atom is -0.355 e. The van der Waals surface area contributed by atoms with Gasteiger partial charge in [0.15, 0.2) is 5.82 Å². The summed E-state index contributed by atoms with van der Waals surface area (Å²) in [6.07, 6.45) is 1.54. The number of benzene rings is 1. The van der Waals surface area contributed by atoms with E-state index in [2.05, 4.69) is 25.3 Å². The summed E-state index contributed by atoms with van der Waals surface area (Å²) in [5, 5.41) is 7.44. The minimum absolute atomic E-state index is 0.0431. The Balaban J connectivity index is 1.40. The molecule has 1 aromatic carbocycles. The molecule has 1 aliphatic rings. The molecule has 1 fully saturated rings. The van der Waals surface area contributed by atoms with Crippen LogP contribution >= 0.6 is 0 Å². The number of nitrogens with zero attached hydrogens (tertiary/aromatic N) is 5. The molecule has 0 spiro atoms. The van der Waals surface area contributed by atoms with Gasteiger partial charge < -0.3 is 10.2 Å². The second kappa shape index (κ2) is 6.83. The predicted octanol–water partition coefficient (Wildman–Crippen LogP) is 2.66. The van der Waals surface area contributed by atoms with Crippen molar-refractivity contribution in [2.75, 3.05) is 23.3 Å². The van der Waals surface area contributed by atoms with E-state index < -0.39 is 0 Å². The fourth-order valence-electron chi connectivity index (χ4n) is 3.20. The lowest BCUT2D eigenvalue weighted by atomic mass is 9.99. The summed E-state index contributed by atoms with van der Waals surface area (Å²) in [5.74, 6) is 1.55. The summed E-state index contributed by atoms with van der Waals surface area (Å²) < 4.78 is 1.81. The molecule has 0 atom stereocenters. The van der Waals surface area contributed by atoms with Gasteiger partial charge in [0.1, 0.15) is 12.1 Å². The Morgan fingerprint density at radius 1 is 1.04 bits per heavy atom. The number of aryl methyl sites for hydroxylation is 3. The first-order chi connectivity index (χ1) is 13.0. The van der Waals surface area contributed by atoms with Gasteiger partial charge in [-0.05, 0) is 39.0 Å². The summed E-state index contributed by atoms with van der Waals surface area (Å²) >= 11 is 0. The molecule has 0 saturated carbocycles. The van der Waals surface area contributed by atoms with Gasteiger partial charge in [0.2, 0.25) is 5.91 Å². The van der Waals surface area contributed by atoms with Crippen LogP contribution in [0, 0.1) is 26.7 Å². The Morgan fingerprint density at radius 3 is 2.41 bits per heavy atom. The van der Waals surface area contributed by atoms with Crippen molar-refractivity contribution in [1.29, 1.82) is 0 Å². The summed E-state index contributed by atoms with van der Waals surface area (Å²) in [7, 11) is 0. The Hall–Kier alpha value is -3.22. The normalized spacial score (nSPS) is 14.1. The molecule has 3 heterocycles. The third-order valence-electron chi connectivity index (χ3n) is 4.76. The highest BCUT2D eigenvalue weighted by Gasteiger charge is 2.33. The topological polar surface area (TPSA) is 75.9 Å². The first-order valence-corrected chi connectivity index (χ1v) is 8.98. The highest BCUT2D eigenvalue weighted by Crippen LogP contribution is 2.25. The van der Waals surface area contributed by atoms with E-state index in [0.29, 0.717) is 13.1 Å². The van der Waals surface area contributed by atoms with E-state index >= 15 is 0 Å². The van der Waals surface area contributed by atoms with Crippen molar-refractivity contribution in [1.82, 2.24) is 19.7 Å². The minimum atomic E-state index is -0.0431. The van der Waals surface area contributed by atoms with Crippen molar-refractivity contribution in [2.45, 2.75) is 20.8 Å². The van der Waals surface area contributed by atoms with Crippen molar-refractivity contribution >= 4 is 17.4 Å². The molecular formula is C20H22N6O. The van der Waals surface area contributed by atoms with Gasteiger partial charge in [0.05, 0.1) is 11.6 Å². The average Bonchev–Trinajstić information content (AvgIpc) is 2.94. The fraction of sp³-hybridized carbons (Fsp3) is 0.300. The van der Waals surface area contributed by atoms with Crippen LogP contribution in [0.15, 0.2) is 42.7 Å². The first kappa shape index (κ1) is 17.2. The summed E-state index contributed by atoms with van der Waals surface area (Å²) in [4.78, 5) is 23.2. The maximum Gasteiger partial charge on any atom is 0.231 e. The zero-order valence-electron chi connectivity index (χ0n) is 15.7. The molecule has 7 nitrogen and oxygen atoms in total. The quantitative estimate of drug-likeness (QED) is 0.772. The molecule has 0 aliphatic carbocycles. The van der Waals surface area contributed by atoms with Crippen LogP contribution in [0.2, 0.25) is 0 Å². The van der Waals surface area contributed by atoms with Crippen molar-refractivity contribution < 1.29 is 4.79 Å². The zero-order valence-corrected chi connectivity index (χ0v) is 15.7. The molecule has 1 saturated heterocycles. The van der Waals surface area contributed by atoms with Crippen LogP contribution in [-0.4, -0.2) is 38.7 Å². The predicted molar refractivity (Wildman–Crippen MR) is 104 cm³/mol. The van der Waals surface area contributed by atoms with Gasteiger partial charge in [0.25, 0.3) is 0 Å². The van der Waals surface area contributed by atoms with E-state index in [-0.39, 0.29) is 11.8 Å². The molecular weight excluding hydrogens is 340 g/mol. The summed E-state index contributed by atoms with van der Waals surface area (Å²) in [6, 6.07) is 11.8. The molecule has 0 unspecified atom stereocenters. The highest BCUT2D eigenvalue weighted by atomic mass is 16.2. The van der Waals surface area contributed by atoms with Gasteiger partial charge in [-0.2, -0.15) is 5.10 Å². The molecule has 7 heteroatoms. The van der Waals surface area contributed by atoms with Crippen LogP contribution in [-0.2, 0) is 4.79 Å². The molecule has 0 radical (unpaired) electrons. The monoisotopic (exact) mass is 362 g/mol. The Labute approximate surface area is 158 Å². The van der Waals surface area contributed by atoms with Crippen LogP contribution in [0.3, 0.4) is 0 Å². The third-order valence-corrected chi connectivity index (χ3v) is 4.76. The maximum absolute atomic E-state index is 12.4. The number of aromatic nitrogens is 4.